The topological polar surface area (TPSA) is 49.3 Å². The number of thiazole rings is 1. The van der Waals surface area contributed by atoms with Crippen molar-refractivity contribution < 1.29 is 0 Å². The van der Waals surface area contributed by atoms with E-state index >= 15 is 0 Å². The van der Waals surface area contributed by atoms with Crippen molar-refractivity contribution in [2.24, 2.45) is 4.99 Å². The monoisotopic (exact) mass is 436 g/mol. The maximum absolute atomic E-state index is 4.73. The summed E-state index contributed by atoms with van der Waals surface area (Å²) in [6, 6.07) is 0.601. The van der Waals surface area contributed by atoms with Gasteiger partial charge in [-0.3, -0.25) is 4.99 Å². The van der Waals surface area contributed by atoms with Gasteiger partial charge in [0.15, 0.2) is 5.96 Å². The van der Waals surface area contributed by atoms with Crippen molar-refractivity contribution in [1.29, 1.82) is 0 Å². The highest BCUT2D eigenvalue weighted by Crippen LogP contribution is 2.18. The van der Waals surface area contributed by atoms with E-state index in [0.29, 0.717) is 6.04 Å². The second kappa shape index (κ2) is 10.4. The molecule has 2 N–H and O–H groups in total. The summed E-state index contributed by atoms with van der Waals surface area (Å²) in [5, 5.41) is 8.10. The van der Waals surface area contributed by atoms with Gasteiger partial charge in [-0.05, 0) is 33.6 Å². The molecule has 0 radical (unpaired) electrons. The molecule has 0 unspecified atom stereocenters. The molecule has 0 aliphatic heterocycles. The minimum atomic E-state index is 0. The van der Waals surface area contributed by atoms with Crippen LogP contribution in [0.5, 0.6) is 0 Å². The van der Waals surface area contributed by atoms with Crippen molar-refractivity contribution in [3.05, 3.63) is 15.6 Å². The maximum atomic E-state index is 4.73. The van der Waals surface area contributed by atoms with Gasteiger partial charge in [0.25, 0.3) is 0 Å². The molecular weight excluding hydrogens is 407 g/mol. The smallest absolute Gasteiger partial charge is 0.191 e. The number of guanidine groups is 1. The fourth-order valence-corrected chi connectivity index (χ4v) is 3.76. The van der Waals surface area contributed by atoms with E-state index in [4.69, 9.17) is 4.99 Å². The molecule has 0 aromatic carbocycles. The molecule has 0 spiro atoms. The number of hydrogen-bond acceptors (Lipinski definition) is 3. The molecule has 1 saturated carbocycles. The molecule has 6 heteroatoms. The van der Waals surface area contributed by atoms with Gasteiger partial charge in [0.2, 0.25) is 0 Å². The van der Waals surface area contributed by atoms with E-state index in [1.165, 1.54) is 37.0 Å². The third-order valence-electron chi connectivity index (χ3n) is 3.90. The number of rotatable bonds is 5. The van der Waals surface area contributed by atoms with Gasteiger partial charge in [0.1, 0.15) is 0 Å². The molecule has 1 aliphatic carbocycles. The number of nitrogens with zero attached hydrogens (tertiary/aromatic N) is 2. The van der Waals surface area contributed by atoms with Crippen LogP contribution >= 0.6 is 35.3 Å². The first kappa shape index (κ1) is 19.7. The molecule has 1 aromatic heterocycles. The summed E-state index contributed by atoms with van der Waals surface area (Å²) >= 11 is 1.79. The highest BCUT2D eigenvalue weighted by Gasteiger charge is 2.14. The van der Waals surface area contributed by atoms with Crippen LogP contribution in [-0.2, 0) is 6.42 Å². The quantitative estimate of drug-likeness (QED) is 0.419. The van der Waals surface area contributed by atoms with E-state index < -0.39 is 0 Å². The van der Waals surface area contributed by atoms with E-state index in [1.54, 1.807) is 11.3 Å². The van der Waals surface area contributed by atoms with E-state index in [-0.39, 0.29) is 24.0 Å². The summed E-state index contributed by atoms with van der Waals surface area (Å²) in [6.07, 6.45) is 7.61. The fraction of sp³-hybridized carbons (Fsp3) is 0.750. The van der Waals surface area contributed by atoms with Gasteiger partial charge < -0.3 is 10.6 Å². The second-order valence-electron chi connectivity index (χ2n) is 5.73. The van der Waals surface area contributed by atoms with Gasteiger partial charge in [0, 0.05) is 30.4 Å². The Bertz CT molecular complexity index is 467. The van der Waals surface area contributed by atoms with E-state index in [9.17, 15) is 0 Å². The molecule has 0 saturated heterocycles. The van der Waals surface area contributed by atoms with Crippen molar-refractivity contribution in [3.8, 4) is 0 Å². The lowest BCUT2D eigenvalue weighted by Crippen LogP contribution is -2.44. The first-order valence-electron chi connectivity index (χ1n) is 8.16. The zero-order valence-electron chi connectivity index (χ0n) is 13.9. The number of halogens is 1. The Balaban J connectivity index is 0.00000242. The van der Waals surface area contributed by atoms with Crippen LogP contribution in [0.25, 0.3) is 0 Å². The fourth-order valence-electron chi connectivity index (χ4n) is 2.83. The Labute approximate surface area is 155 Å². The number of aromatic nitrogens is 1. The van der Waals surface area contributed by atoms with Gasteiger partial charge in [-0.15, -0.1) is 35.3 Å². The van der Waals surface area contributed by atoms with Crippen LogP contribution in [0.15, 0.2) is 4.99 Å². The third-order valence-corrected chi connectivity index (χ3v) is 5.03. The normalized spacial score (nSPS) is 16.2. The highest BCUT2D eigenvalue weighted by molar-refractivity contribution is 14.0. The van der Waals surface area contributed by atoms with Crippen LogP contribution < -0.4 is 10.6 Å². The van der Waals surface area contributed by atoms with Crippen LogP contribution in [0.3, 0.4) is 0 Å². The SMILES string of the molecule is CCNC(=NCCc1sc(C)nc1C)NC1CCCCC1.I. The first-order valence-corrected chi connectivity index (χ1v) is 8.98. The van der Waals surface area contributed by atoms with Crippen LogP contribution in [0.4, 0.5) is 0 Å². The summed E-state index contributed by atoms with van der Waals surface area (Å²) in [6.45, 7) is 8.02. The van der Waals surface area contributed by atoms with Crippen LogP contribution in [-0.4, -0.2) is 30.1 Å². The maximum Gasteiger partial charge on any atom is 0.191 e. The van der Waals surface area contributed by atoms with E-state index in [2.05, 4.69) is 36.4 Å². The molecule has 1 aliphatic rings. The molecule has 0 atom stereocenters. The lowest BCUT2D eigenvalue weighted by molar-refractivity contribution is 0.410. The Morgan fingerprint density at radius 1 is 1.27 bits per heavy atom. The summed E-state index contributed by atoms with van der Waals surface area (Å²) in [4.78, 5) is 10.6. The van der Waals surface area contributed by atoms with Crippen molar-refractivity contribution in [3.63, 3.8) is 0 Å². The van der Waals surface area contributed by atoms with Crippen LogP contribution in [0.1, 0.15) is 54.6 Å². The summed E-state index contributed by atoms with van der Waals surface area (Å²) in [5.41, 5.74) is 1.16. The number of aryl methyl sites for hydroxylation is 2. The summed E-state index contributed by atoms with van der Waals surface area (Å²) < 4.78 is 0. The molecule has 1 fully saturated rings. The van der Waals surface area contributed by atoms with Gasteiger partial charge >= 0.3 is 0 Å². The van der Waals surface area contributed by atoms with Crippen LogP contribution in [0.2, 0.25) is 0 Å². The third kappa shape index (κ3) is 6.40. The average molecular weight is 436 g/mol. The molecule has 1 aromatic rings. The molecule has 2 rings (SSSR count). The Morgan fingerprint density at radius 3 is 2.59 bits per heavy atom. The first-order chi connectivity index (χ1) is 10.2. The summed E-state index contributed by atoms with van der Waals surface area (Å²) in [7, 11) is 0. The van der Waals surface area contributed by atoms with Gasteiger partial charge in [-0.25, -0.2) is 4.98 Å². The molecule has 0 amide bonds. The number of aliphatic imine (C=N–C) groups is 1. The van der Waals surface area contributed by atoms with Gasteiger partial charge in [-0.1, -0.05) is 19.3 Å². The molecule has 126 valence electrons. The standard InChI is InChI=1S/C16H28N4S.HI/c1-4-17-16(20-14-8-6-5-7-9-14)18-11-10-15-12(2)19-13(3)21-15;/h14H,4-11H2,1-3H3,(H2,17,18,20);1H. The minimum absolute atomic E-state index is 0. The van der Waals surface area contributed by atoms with Gasteiger partial charge in [0.05, 0.1) is 10.7 Å². The van der Waals surface area contributed by atoms with Crippen molar-refractivity contribution in [2.75, 3.05) is 13.1 Å². The largest absolute Gasteiger partial charge is 0.357 e. The zero-order chi connectivity index (χ0) is 15.1. The lowest BCUT2D eigenvalue weighted by atomic mass is 9.96. The predicted octanol–water partition coefficient (Wildman–Crippen LogP) is 3.81. The number of hydrogen-bond donors (Lipinski definition) is 2. The number of nitrogens with one attached hydrogen (secondary N) is 2. The molecule has 22 heavy (non-hydrogen) atoms. The Kier molecular flexibility index (Phi) is 9.31. The lowest BCUT2D eigenvalue weighted by Gasteiger charge is -2.24. The van der Waals surface area contributed by atoms with Crippen molar-refractivity contribution >= 4 is 41.3 Å². The van der Waals surface area contributed by atoms with Crippen molar-refractivity contribution in [1.82, 2.24) is 15.6 Å². The van der Waals surface area contributed by atoms with Gasteiger partial charge in [-0.2, -0.15) is 0 Å². The second-order valence-corrected chi connectivity index (χ2v) is 7.02. The minimum Gasteiger partial charge on any atom is -0.357 e. The Hall–Kier alpha value is -0.370. The molecular formula is C16H29IN4S. The molecule has 0 bridgehead atoms. The molecule has 1 heterocycles. The average Bonchev–Trinajstić information content (AvgIpc) is 2.78. The van der Waals surface area contributed by atoms with E-state index in [0.717, 1.165) is 36.2 Å². The van der Waals surface area contributed by atoms with E-state index in [1.807, 2.05) is 0 Å². The molecule has 4 nitrogen and oxygen atoms in total. The highest BCUT2D eigenvalue weighted by atomic mass is 127. The Morgan fingerprint density at radius 2 is 2.00 bits per heavy atom. The summed E-state index contributed by atoms with van der Waals surface area (Å²) in [5.74, 6) is 0.975. The predicted molar refractivity (Wildman–Crippen MR) is 107 cm³/mol. The zero-order valence-corrected chi connectivity index (χ0v) is 17.1. The van der Waals surface area contributed by atoms with Crippen molar-refractivity contribution in [2.45, 2.75) is 65.3 Å². The van der Waals surface area contributed by atoms with Crippen LogP contribution in [0, 0.1) is 13.8 Å².